The SMILES string of the molecule is O=C(NCCC(c1ccccc1)c1ccccc1)C1CCCN(c2ccc(-c3ccncc3)nn2)C1. The number of hydrogen-bond acceptors (Lipinski definition) is 5. The van der Waals surface area contributed by atoms with E-state index >= 15 is 0 Å². The summed E-state index contributed by atoms with van der Waals surface area (Å²) in [5.74, 6) is 1.15. The minimum atomic E-state index is -0.0488. The molecule has 1 aliphatic rings. The van der Waals surface area contributed by atoms with Gasteiger partial charge >= 0.3 is 0 Å². The normalized spacial score (nSPS) is 15.6. The first-order chi connectivity index (χ1) is 17.8. The number of hydrogen-bond donors (Lipinski definition) is 1. The Labute approximate surface area is 212 Å². The molecule has 2 aromatic carbocycles. The standard InChI is InChI=1S/C30H31N5O/c36-30(32-20-17-27(23-8-3-1-4-9-23)24-10-5-2-6-11-24)26-12-7-21-35(22-26)29-14-13-28(33-34-29)25-15-18-31-19-16-25/h1-6,8-11,13-16,18-19,26-27H,7,12,17,20-22H2,(H,32,36). The van der Waals surface area contributed by atoms with Crippen molar-refractivity contribution in [1.82, 2.24) is 20.5 Å². The molecule has 2 aromatic heterocycles. The van der Waals surface area contributed by atoms with Gasteiger partial charge in [0.2, 0.25) is 5.91 Å². The third kappa shape index (κ3) is 5.77. The van der Waals surface area contributed by atoms with Gasteiger partial charge < -0.3 is 10.2 Å². The van der Waals surface area contributed by atoms with Crippen LogP contribution in [0.1, 0.15) is 36.3 Å². The lowest BCUT2D eigenvalue weighted by molar-refractivity contribution is -0.125. The maximum absolute atomic E-state index is 13.1. The van der Waals surface area contributed by atoms with Crippen LogP contribution in [0.2, 0.25) is 0 Å². The summed E-state index contributed by atoms with van der Waals surface area (Å²) in [6, 6.07) is 28.9. The van der Waals surface area contributed by atoms with Crippen molar-refractivity contribution in [3.05, 3.63) is 108 Å². The summed E-state index contributed by atoms with van der Waals surface area (Å²) >= 11 is 0. The van der Waals surface area contributed by atoms with Crippen LogP contribution in [0.15, 0.2) is 97.3 Å². The first-order valence-electron chi connectivity index (χ1n) is 12.6. The molecule has 6 nitrogen and oxygen atoms in total. The second kappa shape index (κ2) is 11.6. The molecule has 1 saturated heterocycles. The number of pyridine rings is 1. The number of anilines is 1. The highest BCUT2D eigenvalue weighted by Gasteiger charge is 2.27. The minimum absolute atomic E-state index is 0.0488. The van der Waals surface area contributed by atoms with Crippen molar-refractivity contribution in [2.24, 2.45) is 5.92 Å². The molecule has 0 aliphatic carbocycles. The smallest absolute Gasteiger partial charge is 0.224 e. The molecule has 0 spiro atoms. The summed E-state index contributed by atoms with van der Waals surface area (Å²) in [5.41, 5.74) is 4.36. The van der Waals surface area contributed by atoms with E-state index in [4.69, 9.17) is 0 Å². The van der Waals surface area contributed by atoms with E-state index in [9.17, 15) is 4.79 Å². The summed E-state index contributed by atoms with van der Waals surface area (Å²) in [7, 11) is 0. The Kier molecular flexibility index (Phi) is 7.61. The van der Waals surface area contributed by atoms with E-state index in [1.54, 1.807) is 12.4 Å². The van der Waals surface area contributed by atoms with Crippen LogP contribution < -0.4 is 10.2 Å². The van der Waals surface area contributed by atoms with Crippen molar-refractivity contribution in [1.29, 1.82) is 0 Å². The van der Waals surface area contributed by atoms with Gasteiger partial charge in [0.1, 0.15) is 0 Å². The molecule has 3 heterocycles. The fourth-order valence-corrected chi connectivity index (χ4v) is 4.95. The van der Waals surface area contributed by atoms with Gasteiger partial charge in [-0.1, -0.05) is 60.7 Å². The second-order valence-electron chi connectivity index (χ2n) is 9.25. The molecule has 0 bridgehead atoms. The van der Waals surface area contributed by atoms with Crippen LogP contribution in [0, 0.1) is 5.92 Å². The van der Waals surface area contributed by atoms with Gasteiger partial charge in [0, 0.05) is 43.5 Å². The highest BCUT2D eigenvalue weighted by molar-refractivity contribution is 5.79. The zero-order valence-electron chi connectivity index (χ0n) is 20.3. The average molecular weight is 478 g/mol. The molecule has 0 radical (unpaired) electrons. The molecule has 1 N–H and O–H groups in total. The molecule has 6 heteroatoms. The van der Waals surface area contributed by atoms with Crippen LogP contribution in [-0.4, -0.2) is 40.7 Å². The maximum Gasteiger partial charge on any atom is 0.224 e. The summed E-state index contributed by atoms with van der Waals surface area (Å²) < 4.78 is 0. The van der Waals surface area contributed by atoms with Crippen LogP contribution >= 0.6 is 0 Å². The van der Waals surface area contributed by atoms with Gasteiger partial charge in [-0.05, 0) is 54.7 Å². The lowest BCUT2D eigenvalue weighted by Gasteiger charge is -2.32. The Morgan fingerprint density at radius 1 is 0.889 bits per heavy atom. The topological polar surface area (TPSA) is 71.0 Å². The largest absolute Gasteiger partial charge is 0.356 e. The Hall–Kier alpha value is -4.06. The number of piperidine rings is 1. The first kappa shape index (κ1) is 23.7. The van der Waals surface area contributed by atoms with Crippen LogP contribution in [0.3, 0.4) is 0 Å². The molecule has 1 atom stereocenters. The molecule has 1 amide bonds. The van der Waals surface area contributed by atoms with Gasteiger partial charge in [-0.15, -0.1) is 10.2 Å². The van der Waals surface area contributed by atoms with Crippen LogP contribution in [-0.2, 0) is 4.79 Å². The number of amides is 1. The monoisotopic (exact) mass is 477 g/mol. The predicted octanol–water partition coefficient (Wildman–Crippen LogP) is 5.09. The summed E-state index contributed by atoms with van der Waals surface area (Å²) in [6.07, 6.45) is 6.22. The molecule has 1 fully saturated rings. The molecular weight excluding hydrogens is 446 g/mol. The van der Waals surface area contributed by atoms with Crippen molar-refractivity contribution in [3.8, 4) is 11.3 Å². The quantitative estimate of drug-likeness (QED) is 0.383. The van der Waals surface area contributed by atoms with Crippen LogP contribution in [0.25, 0.3) is 11.3 Å². The van der Waals surface area contributed by atoms with Gasteiger partial charge in [-0.2, -0.15) is 0 Å². The number of aromatic nitrogens is 3. The molecular formula is C30H31N5O. The van der Waals surface area contributed by atoms with E-state index in [0.717, 1.165) is 42.9 Å². The summed E-state index contributed by atoms with van der Waals surface area (Å²) in [4.78, 5) is 19.3. The van der Waals surface area contributed by atoms with Crippen molar-refractivity contribution in [2.45, 2.75) is 25.2 Å². The van der Waals surface area contributed by atoms with Gasteiger partial charge in [0.25, 0.3) is 0 Å². The summed E-state index contributed by atoms with van der Waals surface area (Å²) in [6.45, 7) is 2.19. The molecule has 5 rings (SSSR count). The Morgan fingerprint density at radius 3 is 2.22 bits per heavy atom. The van der Waals surface area contributed by atoms with Gasteiger partial charge in [-0.3, -0.25) is 9.78 Å². The third-order valence-electron chi connectivity index (χ3n) is 6.88. The maximum atomic E-state index is 13.1. The fourth-order valence-electron chi connectivity index (χ4n) is 4.95. The summed E-state index contributed by atoms with van der Waals surface area (Å²) in [5, 5.41) is 12.1. The van der Waals surface area contributed by atoms with Crippen LogP contribution in [0.4, 0.5) is 5.82 Å². The van der Waals surface area contributed by atoms with E-state index < -0.39 is 0 Å². The number of nitrogens with zero attached hydrogens (tertiary/aromatic N) is 4. The lowest BCUT2D eigenvalue weighted by atomic mass is 9.88. The Balaban J connectivity index is 1.18. The van der Waals surface area contributed by atoms with Gasteiger partial charge in [-0.25, -0.2) is 0 Å². The molecule has 1 aliphatic heterocycles. The van der Waals surface area contributed by atoms with Crippen molar-refractivity contribution in [2.75, 3.05) is 24.5 Å². The van der Waals surface area contributed by atoms with Gasteiger partial charge in [0.05, 0.1) is 11.6 Å². The van der Waals surface area contributed by atoms with Crippen LogP contribution in [0.5, 0.6) is 0 Å². The van der Waals surface area contributed by atoms with Crippen molar-refractivity contribution in [3.63, 3.8) is 0 Å². The van der Waals surface area contributed by atoms with Crippen molar-refractivity contribution >= 4 is 11.7 Å². The second-order valence-corrected chi connectivity index (χ2v) is 9.25. The average Bonchev–Trinajstić information content (AvgIpc) is 2.97. The van der Waals surface area contributed by atoms with E-state index in [1.165, 1.54) is 11.1 Å². The van der Waals surface area contributed by atoms with E-state index in [-0.39, 0.29) is 17.7 Å². The van der Waals surface area contributed by atoms with E-state index in [0.29, 0.717) is 13.1 Å². The third-order valence-corrected chi connectivity index (χ3v) is 6.88. The van der Waals surface area contributed by atoms with Crippen molar-refractivity contribution < 1.29 is 4.79 Å². The number of carbonyl (C=O) groups is 1. The fraction of sp³-hybridized carbons (Fsp3) is 0.267. The Morgan fingerprint density at radius 2 is 1.58 bits per heavy atom. The molecule has 36 heavy (non-hydrogen) atoms. The molecule has 182 valence electrons. The minimum Gasteiger partial charge on any atom is -0.356 e. The highest BCUT2D eigenvalue weighted by atomic mass is 16.1. The number of nitrogens with one attached hydrogen (secondary N) is 1. The number of carbonyl (C=O) groups excluding carboxylic acids is 1. The van der Waals surface area contributed by atoms with E-state index in [1.807, 2.05) is 36.4 Å². The highest BCUT2D eigenvalue weighted by Crippen LogP contribution is 2.28. The first-order valence-corrected chi connectivity index (χ1v) is 12.6. The lowest BCUT2D eigenvalue weighted by Crippen LogP contribution is -2.43. The molecule has 0 saturated carbocycles. The van der Waals surface area contributed by atoms with Gasteiger partial charge in [0.15, 0.2) is 5.82 Å². The number of benzene rings is 2. The zero-order valence-corrected chi connectivity index (χ0v) is 20.3. The number of rotatable bonds is 8. The molecule has 1 unspecified atom stereocenters. The molecule has 4 aromatic rings. The predicted molar refractivity (Wildman–Crippen MR) is 143 cm³/mol. The Bertz CT molecular complexity index is 1190. The van der Waals surface area contributed by atoms with E-state index in [2.05, 4.69) is 73.9 Å². The zero-order chi connectivity index (χ0) is 24.6.